The van der Waals surface area contributed by atoms with Crippen molar-refractivity contribution in [2.24, 2.45) is 11.3 Å². The monoisotopic (exact) mass is 364 g/mol. The molecule has 0 aromatic rings. The molecule has 1 spiro atoms. The molecule has 146 valence electrons. The first kappa shape index (κ1) is 18.6. The average molecular weight is 364 g/mol. The minimum absolute atomic E-state index is 0.258. The van der Waals surface area contributed by atoms with Crippen LogP contribution in [0.3, 0.4) is 0 Å². The zero-order chi connectivity index (χ0) is 19.0. The summed E-state index contributed by atoms with van der Waals surface area (Å²) in [5.41, 5.74) is 0.359. The van der Waals surface area contributed by atoms with Crippen LogP contribution in [0.15, 0.2) is 23.8 Å². The summed E-state index contributed by atoms with van der Waals surface area (Å²) in [6, 6.07) is 0. The molecule has 0 amide bonds. The second-order valence-electron chi connectivity index (χ2n) is 9.35. The Labute approximate surface area is 156 Å². The smallest absolute Gasteiger partial charge is 0.205 e. The number of hydrogen-bond donors (Lipinski definition) is 2. The van der Waals surface area contributed by atoms with Crippen molar-refractivity contribution >= 4 is 0 Å². The highest BCUT2D eigenvalue weighted by Gasteiger charge is 2.93. The van der Waals surface area contributed by atoms with Crippen molar-refractivity contribution in [2.75, 3.05) is 7.11 Å². The molecule has 4 rings (SSSR count). The summed E-state index contributed by atoms with van der Waals surface area (Å²) < 4.78 is 18.2. The van der Waals surface area contributed by atoms with Crippen molar-refractivity contribution in [3.8, 4) is 0 Å². The van der Waals surface area contributed by atoms with Crippen LogP contribution in [0.5, 0.6) is 0 Å². The number of methoxy groups -OCH3 is 1. The molecular weight excluding hydrogens is 332 g/mol. The maximum absolute atomic E-state index is 11.7. The standard InChI is InChI=1S/C21H32O5/c1-13-6-7-15-8-9-19-17(24-5)25-20(23,12-14(2)11-16(22)10-13)21(19,26-19)18(15,3)4/h11,15-17,22-23H,1,6-10,12H2,2-5H3/b14-11+/t15-,16+,17-,19-,20-,21-/m0/s1. The van der Waals surface area contributed by atoms with Gasteiger partial charge in [0.05, 0.1) is 6.10 Å². The summed E-state index contributed by atoms with van der Waals surface area (Å²) in [5.74, 6) is -1.06. The number of epoxide rings is 1. The molecule has 6 atom stereocenters. The van der Waals surface area contributed by atoms with Gasteiger partial charge >= 0.3 is 0 Å². The van der Waals surface area contributed by atoms with E-state index in [0.29, 0.717) is 18.8 Å². The van der Waals surface area contributed by atoms with E-state index in [1.165, 1.54) is 0 Å². The second kappa shape index (κ2) is 5.65. The molecule has 2 N–H and O–H groups in total. The number of rotatable bonds is 1. The Morgan fingerprint density at radius 3 is 2.73 bits per heavy atom. The molecule has 1 saturated carbocycles. The zero-order valence-corrected chi connectivity index (χ0v) is 16.4. The van der Waals surface area contributed by atoms with Gasteiger partial charge in [-0.25, -0.2) is 0 Å². The molecule has 3 fully saturated rings. The first-order valence-corrected chi connectivity index (χ1v) is 9.77. The fraction of sp³-hybridized carbons (Fsp3) is 0.810. The molecule has 4 aliphatic rings. The van der Waals surface area contributed by atoms with Gasteiger partial charge in [0.2, 0.25) is 5.79 Å². The predicted octanol–water partition coefficient (Wildman–Crippen LogP) is 3.06. The summed E-state index contributed by atoms with van der Waals surface area (Å²) in [6.45, 7) is 10.5. The molecule has 2 heterocycles. The Bertz CT molecular complexity index is 655. The van der Waals surface area contributed by atoms with E-state index in [1.54, 1.807) is 7.11 Å². The Balaban J connectivity index is 1.81. The molecule has 0 aromatic carbocycles. The molecule has 2 saturated heterocycles. The van der Waals surface area contributed by atoms with Crippen LogP contribution in [0, 0.1) is 11.3 Å². The largest absolute Gasteiger partial charge is 0.389 e. The summed E-state index contributed by atoms with van der Waals surface area (Å²) in [4.78, 5) is 0. The number of aliphatic hydroxyl groups excluding tert-OH is 1. The van der Waals surface area contributed by atoms with Crippen molar-refractivity contribution in [2.45, 2.75) is 88.7 Å². The molecule has 2 bridgehead atoms. The highest BCUT2D eigenvalue weighted by Crippen LogP contribution is 2.77. The fourth-order valence-electron chi connectivity index (χ4n) is 6.30. The van der Waals surface area contributed by atoms with Crippen LogP contribution in [0.4, 0.5) is 0 Å². The molecule has 26 heavy (non-hydrogen) atoms. The Hall–Kier alpha value is -0.720. The first-order chi connectivity index (χ1) is 12.1. The van der Waals surface area contributed by atoms with Crippen LogP contribution in [-0.2, 0) is 14.2 Å². The quantitative estimate of drug-likeness (QED) is 0.553. The Morgan fingerprint density at radius 2 is 2.04 bits per heavy atom. The third-order valence-corrected chi connectivity index (χ3v) is 7.47. The molecule has 0 unspecified atom stereocenters. The summed E-state index contributed by atoms with van der Waals surface area (Å²) in [6.07, 6.45) is 5.24. The molecule has 0 aromatic heterocycles. The van der Waals surface area contributed by atoms with Crippen molar-refractivity contribution < 1.29 is 24.4 Å². The van der Waals surface area contributed by atoms with Crippen molar-refractivity contribution in [3.05, 3.63) is 23.8 Å². The summed E-state index contributed by atoms with van der Waals surface area (Å²) >= 11 is 0. The minimum atomic E-state index is -1.45. The number of fused-ring (bicyclic) bond motifs is 1. The lowest BCUT2D eigenvalue weighted by Gasteiger charge is -2.47. The van der Waals surface area contributed by atoms with Gasteiger partial charge in [0, 0.05) is 18.9 Å². The highest BCUT2D eigenvalue weighted by atomic mass is 16.8. The highest BCUT2D eigenvalue weighted by molar-refractivity contribution is 5.37. The van der Waals surface area contributed by atoms with Gasteiger partial charge in [-0.15, -0.1) is 0 Å². The van der Waals surface area contributed by atoms with Gasteiger partial charge in [-0.3, -0.25) is 0 Å². The second-order valence-corrected chi connectivity index (χ2v) is 9.35. The van der Waals surface area contributed by atoms with Crippen LogP contribution >= 0.6 is 0 Å². The molecular formula is C21H32O5. The van der Waals surface area contributed by atoms with E-state index >= 15 is 0 Å². The number of ether oxygens (including phenoxy) is 3. The van der Waals surface area contributed by atoms with Crippen molar-refractivity contribution in [1.82, 2.24) is 0 Å². The third-order valence-electron chi connectivity index (χ3n) is 7.47. The molecule has 2 aliphatic carbocycles. The van der Waals surface area contributed by atoms with E-state index < -0.39 is 29.4 Å². The molecule has 2 aliphatic heterocycles. The lowest BCUT2D eigenvalue weighted by atomic mass is 9.54. The SMILES string of the molecule is C=C1CC[C@H]2CC[C@@]34O[C@]3(C2(C)C)[C@](O)(C/C(C)=C/[C@H](O)C1)O[C@@H]4OC. The van der Waals surface area contributed by atoms with Gasteiger partial charge in [0.25, 0.3) is 0 Å². The van der Waals surface area contributed by atoms with Gasteiger partial charge < -0.3 is 24.4 Å². The van der Waals surface area contributed by atoms with Crippen molar-refractivity contribution in [3.63, 3.8) is 0 Å². The van der Waals surface area contributed by atoms with E-state index in [0.717, 1.165) is 36.8 Å². The van der Waals surface area contributed by atoms with Gasteiger partial charge in [-0.05, 0) is 44.9 Å². The summed E-state index contributed by atoms with van der Waals surface area (Å²) in [7, 11) is 1.61. The van der Waals surface area contributed by atoms with Gasteiger partial charge in [0.1, 0.15) is 0 Å². The van der Waals surface area contributed by atoms with Crippen LogP contribution in [-0.4, -0.2) is 46.7 Å². The van der Waals surface area contributed by atoms with Crippen molar-refractivity contribution in [1.29, 1.82) is 0 Å². The normalized spacial score (nSPS) is 52.3. The van der Waals surface area contributed by atoms with E-state index in [1.807, 2.05) is 13.0 Å². The summed E-state index contributed by atoms with van der Waals surface area (Å²) in [5, 5.41) is 22.0. The maximum Gasteiger partial charge on any atom is 0.205 e. The first-order valence-electron chi connectivity index (χ1n) is 9.77. The lowest BCUT2D eigenvalue weighted by Crippen LogP contribution is -2.59. The average Bonchev–Trinajstić information content (AvgIpc) is 3.19. The fourth-order valence-corrected chi connectivity index (χ4v) is 6.30. The minimum Gasteiger partial charge on any atom is -0.389 e. The van der Waals surface area contributed by atoms with E-state index in [2.05, 4.69) is 20.4 Å². The van der Waals surface area contributed by atoms with Crippen LogP contribution < -0.4 is 0 Å². The Kier molecular flexibility index (Phi) is 4.05. The Morgan fingerprint density at radius 1 is 1.31 bits per heavy atom. The molecule has 0 radical (unpaired) electrons. The maximum atomic E-state index is 11.7. The third kappa shape index (κ3) is 2.15. The molecule has 5 nitrogen and oxygen atoms in total. The topological polar surface area (TPSA) is 71.5 Å². The van der Waals surface area contributed by atoms with Gasteiger partial charge in [-0.1, -0.05) is 37.6 Å². The zero-order valence-electron chi connectivity index (χ0n) is 16.4. The van der Waals surface area contributed by atoms with Crippen LogP contribution in [0.25, 0.3) is 0 Å². The van der Waals surface area contributed by atoms with E-state index in [4.69, 9.17) is 14.2 Å². The van der Waals surface area contributed by atoms with Gasteiger partial charge in [0.15, 0.2) is 17.5 Å². The van der Waals surface area contributed by atoms with Gasteiger partial charge in [-0.2, -0.15) is 0 Å². The van der Waals surface area contributed by atoms with Crippen LogP contribution in [0.2, 0.25) is 0 Å². The molecule has 5 heteroatoms. The van der Waals surface area contributed by atoms with E-state index in [9.17, 15) is 10.2 Å². The number of hydrogen-bond acceptors (Lipinski definition) is 5. The van der Waals surface area contributed by atoms with E-state index in [-0.39, 0.29) is 5.41 Å². The lowest BCUT2D eigenvalue weighted by molar-refractivity contribution is -0.312. The van der Waals surface area contributed by atoms with Crippen LogP contribution in [0.1, 0.15) is 59.3 Å². The number of aliphatic hydroxyl groups is 2. The predicted molar refractivity (Wildman–Crippen MR) is 97.3 cm³/mol.